The van der Waals surface area contributed by atoms with Crippen molar-refractivity contribution in [2.45, 2.75) is 11.8 Å². The zero-order valence-electron chi connectivity index (χ0n) is 11.1. The fraction of sp³-hybridized carbons (Fsp3) is 0.200. The summed E-state index contributed by atoms with van der Waals surface area (Å²) in [5.41, 5.74) is 6.58. The van der Waals surface area contributed by atoms with E-state index in [2.05, 4.69) is 0 Å². The normalized spacial score (nSPS) is 10.2. The van der Waals surface area contributed by atoms with Crippen LogP contribution in [0.5, 0.6) is 17.2 Å². The van der Waals surface area contributed by atoms with Crippen LogP contribution in [0.4, 0.5) is 5.69 Å². The SMILES string of the molecule is CCOc1cccc(Oc2ccccc2SC)c1N. The van der Waals surface area contributed by atoms with E-state index in [1.807, 2.05) is 55.6 Å². The van der Waals surface area contributed by atoms with E-state index in [-0.39, 0.29) is 0 Å². The predicted molar refractivity (Wildman–Crippen MR) is 80.3 cm³/mol. The van der Waals surface area contributed by atoms with Crippen LogP contribution in [0.25, 0.3) is 0 Å². The van der Waals surface area contributed by atoms with Crippen molar-refractivity contribution in [3.05, 3.63) is 42.5 Å². The molecular weight excluding hydrogens is 258 g/mol. The largest absolute Gasteiger partial charge is 0.492 e. The van der Waals surface area contributed by atoms with Crippen molar-refractivity contribution in [3.8, 4) is 17.2 Å². The van der Waals surface area contributed by atoms with Gasteiger partial charge in [-0.2, -0.15) is 0 Å². The number of rotatable bonds is 5. The molecule has 0 aliphatic heterocycles. The fourth-order valence-electron chi connectivity index (χ4n) is 1.72. The van der Waals surface area contributed by atoms with Gasteiger partial charge in [0.05, 0.1) is 6.61 Å². The maximum atomic E-state index is 6.05. The first-order valence-corrected chi connectivity index (χ1v) is 7.31. The van der Waals surface area contributed by atoms with Gasteiger partial charge in [-0.15, -0.1) is 11.8 Å². The van der Waals surface area contributed by atoms with Crippen molar-refractivity contribution in [2.75, 3.05) is 18.6 Å². The first-order valence-electron chi connectivity index (χ1n) is 6.08. The lowest BCUT2D eigenvalue weighted by Crippen LogP contribution is -1.99. The van der Waals surface area contributed by atoms with Gasteiger partial charge in [-0.25, -0.2) is 0 Å². The number of anilines is 1. The van der Waals surface area contributed by atoms with Crippen LogP contribution in [-0.4, -0.2) is 12.9 Å². The highest BCUT2D eigenvalue weighted by atomic mass is 32.2. The summed E-state index contributed by atoms with van der Waals surface area (Å²) >= 11 is 1.64. The summed E-state index contributed by atoms with van der Waals surface area (Å²) in [5.74, 6) is 2.07. The highest BCUT2D eigenvalue weighted by Gasteiger charge is 2.09. The Morgan fingerprint density at radius 3 is 2.42 bits per heavy atom. The summed E-state index contributed by atoms with van der Waals surface area (Å²) in [5, 5.41) is 0. The molecule has 0 atom stereocenters. The molecule has 0 fully saturated rings. The molecule has 0 amide bonds. The molecule has 0 bridgehead atoms. The number of ether oxygens (including phenoxy) is 2. The molecule has 0 heterocycles. The Kier molecular flexibility index (Phi) is 4.58. The molecular formula is C15H17NO2S. The Morgan fingerprint density at radius 1 is 1.00 bits per heavy atom. The summed E-state index contributed by atoms with van der Waals surface area (Å²) in [6.07, 6.45) is 2.02. The van der Waals surface area contributed by atoms with Gasteiger partial charge < -0.3 is 15.2 Å². The van der Waals surface area contributed by atoms with Crippen LogP contribution in [0.3, 0.4) is 0 Å². The molecule has 2 rings (SSSR count). The third-order valence-electron chi connectivity index (χ3n) is 2.61. The van der Waals surface area contributed by atoms with Crippen molar-refractivity contribution in [1.29, 1.82) is 0 Å². The molecule has 0 aromatic heterocycles. The average molecular weight is 275 g/mol. The van der Waals surface area contributed by atoms with Gasteiger partial charge in [0, 0.05) is 4.90 Å². The van der Waals surface area contributed by atoms with E-state index >= 15 is 0 Å². The molecule has 0 aliphatic rings. The van der Waals surface area contributed by atoms with Gasteiger partial charge in [0.15, 0.2) is 5.75 Å². The summed E-state index contributed by atoms with van der Waals surface area (Å²) in [7, 11) is 0. The van der Waals surface area contributed by atoms with Crippen molar-refractivity contribution in [1.82, 2.24) is 0 Å². The number of thioether (sulfide) groups is 1. The minimum atomic E-state index is 0.528. The van der Waals surface area contributed by atoms with Gasteiger partial charge in [-0.05, 0) is 37.4 Å². The molecule has 100 valence electrons. The second-order valence-corrected chi connectivity index (χ2v) is 4.70. The molecule has 0 unspecified atom stereocenters. The molecule has 19 heavy (non-hydrogen) atoms. The summed E-state index contributed by atoms with van der Waals surface area (Å²) < 4.78 is 11.4. The predicted octanol–water partition coefficient (Wildman–Crippen LogP) is 4.18. The smallest absolute Gasteiger partial charge is 0.154 e. The molecule has 0 saturated carbocycles. The third-order valence-corrected chi connectivity index (χ3v) is 3.39. The number of nitrogen functional groups attached to an aromatic ring is 1. The summed E-state index contributed by atoms with van der Waals surface area (Å²) in [6, 6.07) is 13.4. The van der Waals surface area contributed by atoms with Gasteiger partial charge in [0.2, 0.25) is 0 Å². The number of nitrogens with two attached hydrogens (primary N) is 1. The monoisotopic (exact) mass is 275 g/mol. The quantitative estimate of drug-likeness (QED) is 0.656. The molecule has 0 saturated heterocycles. The van der Waals surface area contributed by atoms with Gasteiger partial charge >= 0.3 is 0 Å². The van der Waals surface area contributed by atoms with Crippen LogP contribution in [-0.2, 0) is 0 Å². The minimum Gasteiger partial charge on any atom is -0.492 e. The molecule has 0 aliphatic carbocycles. The standard InChI is InChI=1S/C15H17NO2S/c1-3-17-12-8-6-9-13(15(12)16)18-11-7-4-5-10-14(11)19-2/h4-10H,3,16H2,1-2H3. The first-order chi connectivity index (χ1) is 9.26. The fourth-order valence-corrected chi connectivity index (χ4v) is 2.24. The van der Waals surface area contributed by atoms with E-state index in [1.165, 1.54) is 0 Å². The van der Waals surface area contributed by atoms with Crippen molar-refractivity contribution in [2.24, 2.45) is 0 Å². The minimum absolute atomic E-state index is 0.528. The van der Waals surface area contributed by atoms with Crippen LogP contribution in [0.2, 0.25) is 0 Å². The molecule has 2 aromatic carbocycles. The lowest BCUT2D eigenvalue weighted by molar-refractivity contribution is 0.340. The zero-order chi connectivity index (χ0) is 13.7. The number of hydrogen-bond donors (Lipinski definition) is 1. The van der Waals surface area contributed by atoms with Crippen molar-refractivity contribution < 1.29 is 9.47 Å². The summed E-state index contributed by atoms with van der Waals surface area (Å²) in [6.45, 7) is 2.51. The van der Waals surface area contributed by atoms with E-state index < -0.39 is 0 Å². The van der Waals surface area contributed by atoms with Crippen molar-refractivity contribution >= 4 is 17.4 Å². The molecule has 3 nitrogen and oxygen atoms in total. The highest BCUT2D eigenvalue weighted by molar-refractivity contribution is 7.98. The van der Waals surface area contributed by atoms with E-state index in [0.717, 1.165) is 10.6 Å². The van der Waals surface area contributed by atoms with Crippen molar-refractivity contribution in [3.63, 3.8) is 0 Å². The maximum Gasteiger partial charge on any atom is 0.154 e. The van der Waals surface area contributed by atoms with E-state index in [9.17, 15) is 0 Å². The lowest BCUT2D eigenvalue weighted by atomic mass is 10.2. The Hall–Kier alpha value is -1.81. The third kappa shape index (κ3) is 3.15. The van der Waals surface area contributed by atoms with E-state index in [0.29, 0.717) is 23.8 Å². The van der Waals surface area contributed by atoms with Crippen LogP contribution in [0, 0.1) is 0 Å². The Labute approximate surface area is 117 Å². The van der Waals surface area contributed by atoms with Crippen LogP contribution < -0.4 is 15.2 Å². The van der Waals surface area contributed by atoms with Gasteiger partial charge in [0.25, 0.3) is 0 Å². The van der Waals surface area contributed by atoms with Crippen LogP contribution >= 0.6 is 11.8 Å². The Bertz CT molecular complexity index is 558. The number of para-hydroxylation sites is 2. The second-order valence-electron chi connectivity index (χ2n) is 3.85. The Morgan fingerprint density at radius 2 is 1.68 bits per heavy atom. The van der Waals surface area contributed by atoms with Gasteiger partial charge in [0.1, 0.15) is 17.2 Å². The lowest BCUT2D eigenvalue weighted by Gasteiger charge is -2.13. The molecule has 4 heteroatoms. The highest BCUT2D eigenvalue weighted by Crippen LogP contribution is 2.37. The molecule has 2 N–H and O–H groups in total. The van der Waals surface area contributed by atoms with Gasteiger partial charge in [-0.1, -0.05) is 18.2 Å². The topological polar surface area (TPSA) is 44.5 Å². The molecule has 2 aromatic rings. The molecule has 0 spiro atoms. The van der Waals surface area contributed by atoms with E-state index in [1.54, 1.807) is 11.8 Å². The average Bonchev–Trinajstić information content (AvgIpc) is 2.44. The maximum absolute atomic E-state index is 6.05. The Balaban J connectivity index is 2.30. The zero-order valence-corrected chi connectivity index (χ0v) is 11.9. The first kappa shape index (κ1) is 13.6. The number of benzene rings is 2. The number of hydrogen-bond acceptors (Lipinski definition) is 4. The second kappa shape index (κ2) is 6.38. The van der Waals surface area contributed by atoms with Crippen LogP contribution in [0.1, 0.15) is 6.92 Å². The van der Waals surface area contributed by atoms with Crippen LogP contribution in [0.15, 0.2) is 47.4 Å². The van der Waals surface area contributed by atoms with Gasteiger partial charge in [-0.3, -0.25) is 0 Å². The molecule has 0 radical (unpaired) electrons. The summed E-state index contributed by atoms with van der Waals surface area (Å²) in [4.78, 5) is 1.07. The van der Waals surface area contributed by atoms with E-state index in [4.69, 9.17) is 15.2 Å².